The maximum Gasteiger partial charge on any atom is 0.573 e. The Labute approximate surface area is 233 Å². The largest absolute Gasteiger partial charge is 0.573 e. The van der Waals surface area contributed by atoms with E-state index in [1.807, 2.05) is 30.3 Å². The van der Waals surface area contributed by atoms with Gasteiger partial charge in [-0.1, -0.05) is 47.7 Å². The van der Waals surface area contributed by atoms with Crippen molar-refractivity contribution in [2.45, 2.75) is 45.4 Å². The fourth-order valence-electron chi connectivity index (χ4n) is 3.90. The molecule has 4 aromatic rings. The summed E-state index contributed by atoms with van der Waals surface area (Å²) >= 11 is 0. The van der Waals surface area contributed by atoms with Crippen LogP contribution in [0.15, 0.2) is 88.9 Å². The molecule has 0 radical (unpaired) electrons. The second kappa shape index (κ2) is 13.4. The van der Waals surface area contributed by atoms with Crippen molar-refractivity contribution in [1.82, 2.24) is 24.9 Å². The molecule has 1 amide bonds. The third-order valence-corrected chi connectivity index (χ3v) is 5.96. The predicted octanol–water partition coefficient (Wildman–Crippen LogP) is 3.65. The minimum atomic E-state index is -4.80. The van der Waals surface area contributed by atoms with Crippen molar-refractivity contribution in [3.8, 4) is 5.75 Å². The molecule has 2 heterocycles. The van der Waals surface area contributed by atoms with Crippen LogP contribution in [-0.4, -0.2) is 37.7 Å². The summed E-state index contributed by atoms with van der Waals surface area (Å²) in [6.45, 7) is 1.37. The molecule has 0 aliphatic heterocycles. The predicted molar refractivity (Wildman–Crippen MR) is 145 cm³/mol. The van der Waals surface area contributed by atoms with Gasteiger partial charge in [0.2, 0.25) is 0 Å². The van der Waals surface area contributed by atoms with Gasteiger partial charge in [0.05, 0.1) is 12.7 Å². The lowest BCUT2D eigenvalue weighted by atomic mass is 10.2. The number of amides is 1. The molecule has 0 aliphatic carbocycles. The molecule has 0 atom stereocenters. The molecule has 0 spiro atoms. The number of halogens is 3. The molecule has 0 saturated carbocycles. The van der Waals surface area contributed by atoms with Gasteiger partial charge in [0.1, 0.15) is 11.6 Å². The van der Waals surface area contributed by atoms with Gasteiger partial charge in [0.25, 0.3) is 11.5 Å². The van der Waals surface area contributed by atoms with Crippen LogP contribution < -0.4 is 21.3 Å². The van der Waals surface area contributed by atoms with Crippen LogP contribution in [-0.2, 0) is 26.2 Å². The number of rotatable bonds is 12. The maximum atomic E-state index is 12.5. The number of aliphatic imine (C=N–C) groups is 1. The number of unbranched alkanes of at least 4 members (excludes halogenated alkanes) is 1. The zero-order chi connectivity index (χ0) is 29.2. The van der Waals surface area contributed by atoms with Crippen LogP contribution in [0.25, 0.3) is 0 Å². The molecular weight excluding hydrogens is 539 g/mol. The van der Waals surface area contributed by atoms with Crippen LogP contribution in [0, 0.1) is 0 Å². The lowest BCUT2D eigenvalue weighted by Gasteiger charge is -2.10. The standard InChI is InChI=1S/C28H28F3N7O3/c29-28(30,31)41-23-10-6-9-21(15-23)18-34-27(40)24-19-38(36-35-24)13-5-4-12-37-14-11-22(16-25(37)39)26(32)33-17-20-7-2-1-3-8-20/h1-3,6-11,14-16,19H,4-5,12-13,17-18H2,(H2,32,33)(H,34,40). The van der Waals surface area contributed by atoms with Gasteiger partial charge in [0.15, 0.2) is 5.69 Å². The molecule has 0 saturated heterocycles. The lowest BCUT2D eigenvalue weighted by molar-refractivity contribution is -0.274. The zero-order valence-electron chi connectivity index (χ0n) is 21.9. The number of aromatic nitrogens is 4. The summed E-state index contributed by atoms with van der Waals surface area (Å²) in [4.78, 5) is 29.3. The molecule has 4 rings (SSSR count). The lowest BCUT2D eigenvalue weighted by Crippen LogP contribution is -2.23. The van der Waals surface area contributed by atoms with Crippen LogP contribution in [0.1, 0.15) is 40.0 Å². The molecule has 214 valence electrons. The Kier molecular flexibility index (Phi) is 9.51. The topological polar surface area (TPSA) is 129 Å². The SMILES string of the molecule is NC(=NCc1ccccc1)c1ccn(CCCCn2cc(C(=O)NCc3cccc(OC(F)(F)F)c3)nn2)c(=O)c1. The van der Waals surface area contributed by atoms with E-state index in [-0.39, 0.29) is 23.5 Å². The van der Waals surface area contributed by atoms with E-state index in [1.54, 1.807) is 22.9 Å². The Morgan fingerprint density at radius 2 is 1.76 bits per heavy atom. The number of aryl methyl sites for hydroxylation is 2. The number of nitrogens with zero attached hydrogens (tertiary/aromatic N) is 5. The quantitative estimate of drug-likeness (QED) is 0.153. The van der Waals surface area contributed by atoms with E-state index < -0.39 is 12.3 Å². The number of hydrogen-bond acceptors (Lipinski definition) is 6. The van der Waals surface area contributed by atoms with Crippen molar-refractivity contribution in [3.63, 3.8) is 0 Å². The monoisotopic (exact) mass is 567 g/mol. The summed E-state index contributed by atoms with van der Waals surface area (Å²) < 4.78 is 44.2. The minimum absolute atomic E-state index is 0.0151. The van der Waals surface area contributed by atoms with Gasteiger partial charge in [0, 0.05) is 37.5 Å². The van der Waals surface area contributed by atoms with Crippen molar-refractivity contribution in [2.75, 3.05) is 0 Å². The number of alkyl halides is 3. The highest BCUT2D eigenvalue weighted by atomic mass is 19.4. The number of carbonyl (C=O) groups is 1. The van der Waals surface area contributed by atoms with Crippen molar-refractivity contribution in [1.29, 1.82) is 0 Å². The van der Waals surface area contributed by atoms with Crippen LogP contribution >= 0.6 is 0 Å². The molecule has 0 aliphatic rings. The summed E-state index contributed by atoms with van der Waals surface area (Å²) in [6.07, 6.45) is -0.282. The number of amidine groups is 1. The first-order chi connectivity index (χ1) is 19.7. The van der Waals surface area contributed by atoms with E-state index in [0.717, 1.165) is 5.56 Å². The Hall–Kier alpha value is -4.94. The third kappa shape index (κ3) is 9.05. The average molecular weight is 568 g/mol. The molecule has 0 unspecified atom stereocenters. The Morgan fingerprint density at radius 3 is 2.51 bits per heavy atom. The van der Waals surface area contributed by atoms with E-state index in [2.05, 4.69) is 25.4 Å². The molecule has 13 heteroatoms. The van der Waals surface area contributed by atoms with Gasteiger partial charge in [-0.3, -0.25) is 19.3 Å². The minimum Gasteiger partial charge on any atom is -0.406 e. The zero-order valence-corrected chi connectivity index (χ0v) is 21.9. The summed E-state index contributed by atoms with van der Waals surface area (Å²) in [5.41, 5.74) is 7.97. The fraction of sp³-hybridized carbons (Fsp3) is 0.250. The first-order valence-electron chi connectivity index (χ1n) is 12.7. The van der Waals surface area contributed by atoms with Gasteiger partial charge < -0.3 is 20.4 Å². The van der Waals surface area contributed by atoms with E-state index in [4.69, 9.17) is 5.73 Å². The van der Waals surface area contributed by atoms with E-state index >= 15 is 0 Å². The average Bonchev–Trinajstić information content (AvgIpc) is 3.42. The number of pyridine rings is 1. The number of benzene rings is 2. The van der Waals surface area contributed by atoms with Gasteiger partial charge in [-0.2, -0.15) is 0 Å². The number of nitrogens with two attached hydrogens (primary N) is 1. The number of hydrogen-bond donors (Lipinski definition) is 2. The molecule has 0 bridgehead atoms. The molecular formula is C28H28F3N7O3. The highest BCUT2D eigenvalue weighted by Crippen LogP contribution is 2.23. The normalized spacial score (nSPS) is 11.8. The summed E-state index contributed by atoms with van der Waals surface area (Å²) in [7, 11) is 0. The van der Waals surface area contributed by atoms with Gasteiger partial charge in [-0.05, 0) is 42.2 Å². The van der Waals surface area contributed by atoms with Crippen LogP contribution in [0.4, 0.5) is 13.2 Å². The summed E-state index contributed by atoms with van der Waals surface area (Å²) in [5, 5.41) is 10.4. The van der Waals surface area contributed by atoms with E-state index in [0.29, 0.717) is 49.4 Å². The van der Waals surface area contributed by atoms with Crippen molar-refractivity contribution >= 4 is 11.7 Å². The molecule has 0 fully saturated rings. The van der Waals surface area contributed by atoms with E-state index in [1.165, 1.54) is 35.1 Å². The maximum absolute atomic E-state index is 12.5. The Bertz CT molecular complexity index is 1550. The number of nitrogens with one attached hydrogen (secondary N) is 1. The smallest absolute Gasteiger partial charge is 0.406 e. The van der Waals surface area contributed by atoms with E-state index in [9.17, 15) is 22.8 Å². The summed E-state index contributed by atoms with van der Waals surface area (Å²) in [6, 6.07) is 18.2. The first kappa shape index (κ1) is 29.1. The molecule has 41 heavy (non-hydrogen) atoms. The van der Waals surface area contributed by atoms with Gasteiger partial charge >= 0.3 is 6.36 Å². The molecule has 10 nitrogen and oxygen atoms in total. The Balaban J connectivity index is 1.21. The molecule has 2 aromatic carbocycles. The second-order valence-corrected chi connectivity index (χ2v) is 9.09. The van der Waals surface area contributed by atoms with Crippen LogP contribution in [0.3, 0.4) is 0 Å². The van der Waals surface area contributed by atoms with Gasteiger partial charge in [-0.15, -0.1) is 18.3 Å². The second-order valence-electron chi connectivity index (χ2n) is 9.09. The Morgan fingerprint density at radius 1 is 1.00 bits per heavy atom. The number of carbonyl (C=O) groups excluding carboxylic acids is 1. The van der Waals surface area contributed by atoms with Crippen molar-refractivity contribution < 1.29 is 22.7 Å². The third-order valence-electron chi connectivity index (χ3n) is 5.96. The van der Waals surface area contributed by atoms with Gasteiger partial charge in [-0.25, -0.2) is 0 Å². The molecule has 3 N–H and O–H groups in total. The first-order valence-corrected chi connectivity index (χ1v) is 12.7. The number of ether oxygens (including phenoxy) is 1. The van der Waals surface area contributed by atoms with Crippen LogP contribution in [0.2, 0.25) is 0 Å². The highest BCUT2D eigenvalue weighted by Gasteiger charge is 2.31. The van der Waals surface area contributed by atoms with Crippen molar-refractivity contribution in [2.24, 2.45) is 10.7 Å². The fourth-order valence-corrected chi connectivity index (χ4v) is 3.90. The summed E-state index contributed by atoms with van der Waals surface area (Å²) in [5.74, 6) is -0.588. The highest BCUT2D eigenvalue weighted by molar-refractivity contribution is 5.97. The molecule has 2 aromatic heterocycles. The van der Waals surface area contributed by atoms with Crippen molar-refractivity contribution in [3.05, 3.63) is 112 Å². The van der Waals surface area contributed by atoms with Crippen LogP contribution in [0.5, 0.6) is 5.75 Å².